The van der Waals surface area contributed by atoms with Gasteiger partial charge in [0.2, 0.25) is 0 Å². The van der Waals surface area contributed by atoms with E-state index < -0.39 is 5.97 Å². The van der Waals surface area contributed by atoms with Crippen molar-refractivity contribution in [3.63, 3.8) is 0 Å². The van der Waals surface area contributed by atoms with E-state index in [0.29, 0.717) is 25.4 Å². The zero-order valence-electron chi connectivity index (χ0n) is 23.0. The molecule has 10 heteroatoms. The van der Waals surface area contributed by atoms with Crippen LogP contribution in [0.25, 0.3) is 0 Å². The summed E-state index contributed by atoms with van der Waals surface area (Å²) < 4.78 is 4.76. The second-order valence-electron chi connectivity index (χ2n) is 9.20. The highest BCUT2D eigenvalue weighted by Crippen LogP contribution is 2.30. The van der Waals surface area contributed by atoms with Crippen molar-refractivity contribution in [2.45, 2.75) is 65.2 Å². The first kappa shape index (κ1) is 31.1. The van der Waals surface area contributed by atoms with Gasteiger partial charge < -0.3 is 25.6 Å². The Balaban J connectivity index is 0.000000281. The highest BCUT2D eigenvalue weighted by atomic mass is 32.1. The molecule has 2 fully saturated rings. The normalized spacial score (nSPS) is 17.4. The van der Waals surface area contributed by atoms with Gasteiger partial charge in [-0.3, -0.25) is 9.59 Å². The number of nitrogens with one attached hydrogen (secondary N) is 1. The fourth-order valence-electron chi connectivity index (χ4n) is 4.46. The van der Waals surface area contributed by atoms with E-state index in [1.165, 1.54) is 42.7 Å². The van der Waals surface area contributed by atoms with Crippen molar-refractivity contribution in [3.05, 3.63) is 51.8 Å². The number of esters is 1. The molecule has 0 aliphatic carbocycles. The number of thiazole rings is 1. The number of ether oxygens (including phenoxy) is 1. The summed E-state index contributed by atoms with van der Waals surface area (Å²) in [4.78, 5) is 42.2. The summed E-state index contributed by atoms with van der Waals surface area (Å²) in [7, 11) is 0. The van der Waals surface area contributed by atoms with Crippen molar-refractivity contribution in [1.82, 2.24) is 20.1 Å². The summed E-state index contributed by atoms with van der Waals surface area (Å²) in [5.74, 6) is -0.150. The molecule has 2 aliphatic heterocycles. The van der Waals surface area contributed by atoms with Gasteiger partial charge in [-0.25, -0.2) is 9.78 Å². The Bertz CT molecular complexity index is 972. The first-order chi connectivity index (χ1) is 18.4. The Morgan fingerprint density at radius 3 is 2.29 bits per heavy atom. The average molecular weight is 546 g/mol. The van der Waals surface area contributed by atoms with Crippen LogP contribution in [0, 0.1) is 0 Å². The third-order valence-corrected chi connectivity index (χ3v) is 7.42. The van der Waals surface area contributed by atoms with E-state index in [0.717, 1.165) is 42.9 Å². The van der Waals surface area contributed by atoms with Crippen LogP contribution in [0.1, 0.15) is 80.7 Å². The van der Waals surface area contributed by atoms with Crippen LogP contribution >= 0.6 is 11.3 Å². The number of hydrogen-bond donors (Lipinski definition) is 2. The molecule has 3 heterocycles. The minimum atomic E-state index is -0.435. The predicted octanol–water partition coefficient (Wildman–Crippen LogP) is 4.59. The molecule has 0 saturated carbocycles. The monoisotopic (exact) mass is 545 g/mol. The summed E-state index contributed by atoms with van der Waals surface area (Å²) in [5.41, 5.74) is 8.62. The van der Waals surface area contributed by atoms with Crippen molar-refractivity contribution in [3.8, 4) is 0 Å². The molecule has 0 unspecified atom stereocenters. The van der Waals surface area contributed by atoms with Gasteiger partial charge in [0.15, 0.2) is 6.29 Å². The molecular formula is C28H43N5O4S. The third-order valence-electron chi connectivity index (χ3n) is 6.39. The minimum Gasteiger partial charge on any atom is -0.465 e. The average Bonchev–Trinajstić information content (AvgIpc) is 3.26. The Kier molecular flexibility index (Phi) is 14.2. The molecule has 2 amide bonds. The number of piperidine rings is 1. The van der Waals surface area contributed by atoms with Gasteiger partial charge in [0.1, 0.15) is 12.2 Å². The van der Waals surface area contributed by atoms with Crippen molar-refractivity contribution in [1.29, 1.82) is 0 Å². The molecule has 0 atom stereocenters. The lowest BCUT2D eigenvalue weighted by atomic mass is 9.98. The van der Waals surface area contributed by atoms with E-state index in [4.69, 9.17) is 10.5 Å². The van der Waals surface area contributed by atoms with Crippen LogP contribution in [0.4, 0.5) is 4.79 Å². The van der Waals surface area contributed by atoms with Gasteiger partial charge in [0, 0.05) is 37.5 Å². The number of nitrogens with zero attached hydrogens (tertiary/aromatic N) is 3. The van der Waals surface area contributed by atoms with Crippen molar-refractivity contribution in [2.75, 3.05) is 39.3 Å². The number of carbonyl (C=O) groups is 3. The number of carbonyl (C=O) groups excluding carboxylic acids is 3. The Hall–Kier alpha value is -3.14. The number of aldehydes is 1. The van der Waals surface area contributed by atoms with Gasteiger partial charge in [0.25, 0.3) is 0 Å². The fourth-order valence-corrected chi connectivity index (χ4v) is 5.40. The molecule has 0 aromatic carbocycles. The largest absolute Gasteiger partial charge is 0.465 e. The molecule has 0 radical (unpaired) electrons. The molecule has 1 aromatic heterocycles. The van der Waals surface area contributed by atoms with E-state index in [1.807, 2.05) is 26.0 Å². The van der Waals surface area contributed by atoms with Crippen LogP contribution in [0.15, 0.2) is 41.1 Å². The lowest BCUT2D eigenvalue weighted by Gasteiger charge is -2.31. The highest BCUT2D eigenvalue weighted by Gasteiger charge is 2.26. The van der Waals surface area contributed by atoms with E-state index in [9.17, 15) is 14.4 Å². The maximum Gasteiger partial charge on any atom is 0.325 e. The molecule has 3 rings (SSSR count). The number of rotatable bonds is 8. The van der Waals surface area contributed by atoms with Crippen LogP contribution in [0.5, 0.6) is 0 Å². The molecule has 2 saturated heterocycles. The summed E-state index contributed by atoms with van der Waals surface area (Å²) in [5, 5.41) is 5.26. The molecule has 0 bridgehead atoms. The van der Waals surface area contributed by atoms with Gasteiger partial charge >= 0.3 is 12.0 Å². The fraction of sp³-hybridized carbons (Fsp3) is 0.571. The molecule has 38 heavy (non-hydrogen) atoms. The topological polar surface area (TPSA) is 118 Å². The van der Waals surface area contributed by atoms with Crippen molar-refractivity contribution < 1.29 is 19.1 Å². The van der Waals surface area contributed by atoms with Crippen molar-refractivity contribution in [2.24, 2.45) is 5.73 Å². The Morgan fingerprint density at radius 2 is 1.74 bits per heavy atom. The van der Waals surface area contributed by atoms with Crippen LogP contribution in [-0.2, 0) is 9.53 Å². The molecule has 2 aliphatic rings. The third kappa shape index (κ3) is 10.3. The summed E-state index contributed by atoms with van der Waals surface area (Å²) >= 11 is 1.49. The number of nitrogens with two attached hydrogens (primary N) is 1. The second-order valence-corrected chi connectivity index (χ2v) is 10.1. The van der Waals surface area contributed by atoms with Gasteiger partial charge in [-0.1, -0.05) is 25.0 Å². The summed E-state index contributed by atoms with van der Waals surface area (Å²) in [6, 6.07) is -0.251. The number of likely N-dealkylation sites (tertiary alicyclic amines) is 2. The first-order valence-corrected chi connectivity index (χ1v) is 14.4. The highest BCUT2D eigenvalue weighted by molar-refractivity contribution is 7.09. The summed E-state index contributed by atoms with van der Waals surface area (Å²) in [6.45, 7) is 9.45. The molecular weight excluding hydrogens is 502 g/mol. The maximum absolute atomic E-state index is 11.9. The van der Waals surface area contributed by atoms with Crippen LogP contribution in [0.2, 0.25) is 0 Å². The molecule has 0 spiro atoms. The quantitative estimate of drug-likeness (QED) is 0.279. The zero-order chi connectivity index (χ0) is 27.8. The molecule has 210 valence electrons. The first-order valence-electron chi connectivity index (χ1n) is 13.5. The lowest BCUT2D eigenvalue weighted by molar-refractivity contribution is -0.141. The smallest absolute Gasteiger partial charge is 0.325 e. The Morgan fingerprint density at radius 1 is 1.08 bits per heavy atom. The van der Waals surface area contributed by atoms with Gasteiger partial charge in [-0.05, 0) is 58.6 Å². The van der Waals surface area contributed by atoms with Crippen LogP contribution < -0.4 is 11.1 Å². The van der Waals surface area contributed by atoms with E-state index in [-0.39, 0.29) is 18.5 Å². The van der Waals surface area contributed by atoms with E-state index in [2.05, 4.69) is 27.4 Å². The van der Waals surface area contributed by atoms with Gasteiger partial charge in [-0.15, -0.1) is 11.3 Å². The minimum absolute atomic E-state index is 0.109. The number of allylic oxidation sites excluding steroid dienone is 4. The molecule has 1 aromatic rings. The number of amides is 2. The van der Waals surface area contributed by atoms with Crippen LogP contribution in [0.3, 0.4) is 0 Å². The summed E-state index contributed by atoms with van der Waals surface area (Å²) in [6.07, 6.45) is 15.8. The second kappa shape index (κ2) is 17.4. The number of aromatic nitrogens is 1. The van der Waals surface area contributed by atoms with Gasteiger partial charge in [-0.2, -0.15) is 0 Å². The number of urea groups is 1. The maximum atomic E-state index is 11.9. The van der Waals surface area contributed by atoms with Crippen molar-refractivity contribution >= 4 is 29.6 Å². The van der Waals surface area contributed by atoms with E-state index >= 15 is 0 Å². The SMILES string of the molecule is CCOC(=O)CNC(=O)N1CCC(c2nc(C=O)cs2)CC1.C\C=C/C(N)=C(\C=C/C)N1CCCCCC1. The Labute approximate surface area is 230 Å². The lowest BCUT2D eigenvalue weighted by Crippen LogP contribution is -2.45. The van der Waals surface area contributed by atoms with E-state index in [1.54, 1.807) is 17.2 Å². The predicted molar refractivity (Wildman–Crippen MR) is 152 cm³/mol. The van der Waals surface area contributed by atoms with Gasteiger partial charge in [0.05, 0.1) is 23.0 Å². The molecule has 9 nitrogen and oxygen atoms in total. The standard InChI is InChI=1S/C14H19N3O4S.C14H24N2/c1-2-21-12(19)7-15-14(20)17-5-3-10(4-6-17)13-16-11(8-18)9-22-13;1-3-9-13(15)14(10-4-2)16-11-7-5-6-8-12-16/h8-10H,2-7H2,1H3,(H,15,20);3-4,9-10H,5-8,11-12,15H2,1-2H3/b;9-3-,10-4-,14-13-. The zero-order valence-corrected chi connectivity index (χ0v) is 23.8. The number of hydrogen-bond acceptors (Lipinski definition) is 8. The molecule has 3 N–H and O–H groups in total. The van der Waals surface area contributed by atoms with Crippen LogP contribution in [-0.4, -0.2) is 72.4 Å².